The van der Waals surface area contributed by atoms with Gasteiger partial charge in [0.1, 0.15) is 0 Å². The van der Waals surface area contributed by atoms with Gasteiger partial charge in [-0.1, -0.05) is 6.07 Å². The molecular weight excluding hydrogens is 254 g/mol. The number of carbonyl (C=O) groups is 1. The lowest BCUT2D eigenvalue weighted by Crippen LogP contribution is -2.11. The Morgan fingerprint density at radius 1 is 1.35 bits per heavy atom. The van der Waals surface area contributed by atoms with E-state index in [0.29, 0.717) is 30.1 Å². The van der Waals surface area contributed by atoms with Crippen molar-refractivity contribution in [2.45, 2.75) is 13.5 Å². The molecule has 0 unspecified atom stereocenters. The molecule has 104 valence electrons. The minimum atomic E-state index is -0.386. The van der Waals surface area contributed by atoms with E-state index in [1.807, 2.05) is 18.2 Å². The third-order valence-electron chi connectivity index (χ3n) is 2.73. The molecule has 20 heavy (non-hydrogen) atoms. The molecule has 0 fully saturated rings. The molecule has 0 radical (unpaired) electrons. The van der Waals surface area contributed by atoms with Crippen LogP contribution in [0.25, 0.3) is 0 Å². The normalized spacial score (nSPS) is 10.1. The van der Waals surface area contributed by atoms with Gasteiger partial charge in [-0.05, 0) is 37.3 Å². The summed E-state index contributed by atoms with van der Waals surface area (Å²) in [6, 6.07) is 10.8. The zero-order chi connectivity index (χ0) is 14.4. The molecule has 1 aromatic heterocycles. The van der Waals surface area contributed by atoms with E-state index in [1.54, 1.807) is 31.3 Å². The first-order valence-corrected chi connectivity index (χ1v) is 6.41. The smallest absolute Gasteiger partial charge is 0.340 e. The zero-order valence-electron chi connectivity index (χ0n) is 11.3. The first-order valence-electron chi connectivity index (χ1n) is 6.41. The largest absolute Gasteiger partial charge is 0.462 e. The van der Waals surface area contributed by atoms with Crippen LogP contribution in [-0.4, -0.2) is 17.6 Å². The Balaban J connectivity index is 2.16. The second kappa shape index (κ2) is 6.56. The monoisotopic (exact) mass is 271 g/mol. The Morgan fingerprint density at radius 2 is 2.20 bits per heavy atom. The summed E-state index contributed by atoms with van der Waals surface area (Å²) < 4.78 is 5.03. The molecule has 1 heterocycles. The molecular formula is C15H17N3O2. The van der Waals surface area contributed by atoms with E-state index in [1.165, 1.54) is 0 Å². The van der Waals surface area contributed by atoms with Gasteiger partial charge in [-0.3, -0.25) is 4.98 Å². The molecule has 2 rings (SSSR count). The summed E-state index contributed by atoms with van der Waals surface area (Å²) in [5.41, 5.74) is 8.25. The number of benzene rings is 1. The van der Waals surface area contributed by atoms with E-state index >= 15 is 0 Å². The van der Waals surface area contributed by atoms with Crippen LogP contribution in [0.1, 0.15) is 23.0 Å². The van der Waals surface area contributed by atoms with Crippen LogP contribution in [0.5, 0.6) is 0 Å². The molecule has 0 amide bonds. The number of aromatic nitrogens is 1. The van der Waals surface area contributed by atoms with Gasteiger partial charge in [0.2, 0.25) is 0 Å². The molecule has 5 nitrogen and oxygen atoms in total. The molecule has 0 aliphatic carbocycles. The highest BCUT2D eigenvalue weighted by molar-refractivity contribution is 5.96. The molecule has 0 saturated heterocycles. The number of pyridine rings is 1. The third-order valence-corrected chi connectivity index (χ3v) is 2.73. The van der Waals surface area contributed by atoms with E-state index in [4.69, 9.17) is 10.5 Å². The Morgan fingerprint density at radius 3 is 2.90 bits per heavy atom. The SMILES string of the molecule is CCOC(=O)c1cc(N)ccc1NCc1ccccn1. The number of anilines is 2. The number of rotatable bonds is 5. The van der Waals surface area contributed by atoms with E-state index in [9.17, 15) is 4.79 Å². The van der Waals surface area contributed by atoms with Crippen LogP contribution in [-0.2, 0) is 11.3 Å². The number of hydrogen-bond acceptors (Lipinski definition) is 5. The van der Waals surface area contributed by atoms with Crippen LogP contribution in [0.4, 0.5) is 11.4 Å². The van der Waals surface area contributed by atoms with Crippen molar-refractivity contribution in [2.75, 3.05) is 17.7 Å². The molecule has 3 N–H and O–H groups in total. The van der Waals surface area contributed by atoms with Gasteiger partial charge in [-0.25, -0.2) is 4.79 Å². The van der Waals surface area contributed by atoms with E-state index in [0.717, 1.165) is 5.69 Å². The molecule has 0 bridgehead atoms. The summed E-state index contributed by atoms with van der Waals surface area (Å²) >= 11 is 0. The predicted molar refractivity (Wildman–Crippen MR) is 78.4 cm³/mol. The lowest BCUT2D eigenvalue weighted by atomic mass is 10.1. The second-order valence-electron chi connectivity index (χ2n) is 4.20. The van der Waals surface area contributed by atoms with Crippen molar-refractivity contribution >= 4 is 17.3 Å². The van der Waals surface area contributed by atoms with Crippen LogP contribution >= 0.6 is 0 Å². The van der Waals surface area contributed by atoms with Gasteiger partial charge in [0.15, 0.2) is 0 Å². The van der Waals surface area contributed by atoms with Crippen molar-refractivity contribution in [1.82, 2.24) is 4.98 Å². The van der Waals surface area contributed by atoms with Crippen molar-refractivity contribution in [3.05, 3.63) is 53.9 Å². The fourth-order valence-corrected chi connectivity index (χ4v) is 1.78. The first kappa shape index (κ1) is 13.9. The maximum Gasteiger partial charge on any atom is 0.340 e. The van der Waals surface area contributed by atoms with Gasteiger partial charge in [0.25, 0.3) is 0 Å². The Bertz CT molecular complexity index is 585. The van der Waals surface area contributed by atoms with E-state index in [2.05, 4.69) is 10.3 Å². The van der Waals surface area contributed by atoms with Gasteiger partial charge in [-0.15, -0.1) is 0 Å². The van der Waals surface area contributed by atoms with Crippen molar-refractivity contribution < 1.29 is 9.53 Å². The van der Waals surface area contributed by atoms with Crippen LogP contribution in [0.15, 0.2) is 42.6 Å². The highest BCUT2D eigenvalue weighted by Crippen LogP contribution is 2.20. The molecule has 0 aliphatic heterocycles. The topological polar surface area (TPSA) is 77.2 Å². The standard InChI is InChI=1S/C15H17N3O2/c1-2-20-15(19)13-9-11(16)6-7-14(13)18-10-12-5-3-4-8-17-12/h3-9,18H,2,10,16H2,1H3. The van der Waals surface area contributed by atoms with Gasteiger partial charge >= 0.3 is 5.97 Å². The molecule has 1 aromatic carbocycles. The van der Waals surface area contributed by atoms with Gasteiger partial charge in [-0.2, -0.15) is 0 Å². The number of esters is 1. The van der Waals surface area contributed by atoms with Gasteiger partial charge in [0.05, 0.1) is 24.4 Å². The lowest BCUT2D eigenvalue weighted by Gasteiger charge is -2.11. The van der Waals surface area contributed by atoms with Crippen LogP contribution in [0, 0.1) is 0 Å². The maximum absolute atomic E-state index is 11.9. The van der Waals surface area contributed by atoms with Gasteiger partial charge < -0.3 is 15.8 Å². The molecule has 0 spiro atoms. The van der Waals surface area contributed by atoms with Crippen LogP contribution in [0.3, 0.4) is 0 Å². The molecule has 2 aromatic rings. The average Bonchev–Trinajstić information content (AvgIpc) is 2.47. The first-order chi connectivity index (χ1) is 9.70. The van der Waals surface area contributed by atoms with E-state index < -0.39 is 0 Å². The van der Waals surface area contributed by atoms with Gasteiger partial charge in [0, 0.05) is 17.6 Å². The second-order valence-corrected chi connectivity index (χ2v) is 4.20. The number of nitrogens with two attached hydrogens (primary N) is 1. The van der Waals surface area contributed by atoms with Crippen LogP contribution in [0.2, 0.25) is 0 Å². The van der Waals surface area contributed by atoms with Crippen molar-refractivity contribution in [1.29, 1.82) is 0 Å². The highest BCUT2D eigenvalue weighted by atomic mass is 16.5. The summed E-state index contributed by atoms with van der Waals surface area (Å²) in [7, 11) is 0. The fraction of sp³-hybridized carbons (Fsp3) is 0.200. The molecule has 0 atom stereocenters. The predicted octanol–water partition coefficient (Wildman–Crippen LogP) is 2.45. The Labute approximate surface area is 117 Å². The Kier molecular flexibility index (Phi) is 4.55. The average molecular weight is 271 g/mol. The van der Waals surface area contributed by atoms with Crippen molar-refractivity contribution in [3.63, 3.8) is 0 Å². The Hall–Kier alpha value is -2.56. The summed E-state index contributed by atoms with van der Waals surface area (Å²) in [5, 5.41) is 3.18. The summed E-state index contributed by atoms with van der Waals surface area (Å²) in [6.07, 6.45) is 1.73. The fourth-order valence-electron chi connectivity index (χ4n) is 1.78. The van der Waals surface area contributed by atoms with Crippen molar-refractivity contribution in [3.8, 4) is 0 Å². The summed E-state index contributed by atoms with van der Waals surface area (Å²) in [5.74, 6) is -0.386. The number of nitrogens with one attached hydrogen (secondary N) is 1. The molecule has 5 heteroatoms. The number of hydrogen-bond donors (Lipinski definition) is 2. The van der Waals surface area contributed by atoms with Crippen molar-refractivity contribution in [2.24, 2.45) is 0 Å². The number of nitrogens with zero attached hydrogens (tertiary/aromatic N) is 1. The zero-order valence-corrected chi connectivity index (χ0v) is 11.3. The molecule has 0 saturated carbocycles. The third kappa shape index (κ3) is 3.47. The number of ether oxygens (including phenoxy) is 1. The summed E-state index contributed by atoms with van der Waals surface area (Å²) in [4.78, 5) is 16.1. The summed E-state index contributed by atoms with van der Waals surface area (Å²) in [6.45, 7) is 2.62. The quantitative estimate of drug-likeness (QED) is 0.645. The minimum Gasteiger partial charge on any atom is -0.462 e. The van der Waals surface area contributed by atoms with Crippen LogP contribution < -0.4 is 11.1 Å². The number of carbonyl (C=O) groups excluding carboxylic acids is 1. The minimum absolute atomic E-state index is 0.327. The maximum atomic E-state index is 11.9. The van der Waals surface area contributed by atoms with E-state index in [-0.39, 0.29) is 5.97 Å². The lowest BCUT2D eigenvalue weighted by molar-refractivity contribution is 0.0527. The molecule has 0 aliphatic rings. The highest BCUT2D eigenvalue weighted by Gasteiger charge is 2.12. The number of nitrogen functional groups attached to an aromatic ring is 1.